The molecule has 23 heavy (non-hydrogen) atoms. The van der Waals surface area contributed by atoms with Crippen LogP contribution in [0.15, 0.2) is 11.2 Å². The third-order valence-corrected chi connectivity index (χ3v) is 3.42. The lowest BCUT2D eigenvalue weighted by atomic mass is 9.85. The molecule has 0 aromatic carbocycles. The molecule has 2 rings (SSSR count). The highest BCUT2D eigenvalue weighted by Gasteiger charge is 2.26. The third-order valence-electron chi connectivity index (χ3n) is 3.42. The van der Waals surface area contributed by atoms with Gasteiger partial charge in [0, 0.05) is 13.1 Å². The Bertz CT molecular complexity index is 816. The first kappa shape index (κ1) is 12.5. The minimum absolute atomic E-state index is 0.0812. The number of carbonyl (C=O) groups is 1. The summed E-state index contributed by atoms with van der Waals surface area (Å²) in [4.78, 5) is 22.8. The fourth-order valence-corrected chi connectivity index (χ4v) is 2.20. The van der Waals surface area contributed by atoms with E-state index in [1.165, 1.54) is 6.92 Å². The van der Waals surface area contributed by atoms with Gasteiger partial charge in [0.1, 0.15) is 5.49 Å². The van der Waals surface area contributed by atoms with Gasteiger partial charge in [-0.3, -0.25) is 9.79 Å². The van der Waals surface area contributed by atoms with Crippen molar-refractivity contribution >= 4 is 11.9 Å². The quantitative estimate of drug-likeness (QED) is 0.667. The molecule has 1 aliphatic rings. The molecule has 1 aromatic rings. The van der Waals surface area contributed by atoms with Crippen LogP contribution < -0.4 is 16.5 Å². The largest absolute Gasteiger partial charge is 0.393 e. The third kappa shape index (κ3) is 4.79. The molecule has 1 amide bonds. The Labute approximate surface area is 142 Å². The van der Waals surface area contributed by atoms with Crippen LogP contribution in [0, 0.1) is 5.89 Å². The summed E-state index contributed by atoms with van der Waals surface area (Å²) in [5.74, 6) is -2.17. The maximum absolute atomic E-state index is 11.8. The van der Waals surface area contributed by atoms with E-state index in [1.54, 1.807) is 0 Å². The summed E-state index contributed by atoms with van der Waals surface area (Å²) >= 11 is 0. The molecule has 0 bridgehead atoms. The van der Waals surface area contributed by atoms with Gasteiger partial charge in [0.25, 0.3) is 5.91 Å². The van der Waals surface area contributed by atoms with Crippen molar-refractivity contribution in [3.05, 3.63) is 17.2 Å². The van der Waals surface area contributed by atoms with E-state index in [-0.39, 0.29) is 35.4 Å². The van der Waals surface area contributed by atoms with Crippen molar-refractivity contribution in [2.24, 2.45) is 16.6 Å². The van der Waals surface area contributed by atoms with Crippen molar-refractivity contribution in [2.45, 2.75) is 64.6 Å². The molecule has 7 heteroatoms. The van der Waals surface area contributed by atoms with Crippen LogP contribution in [0.4, 0.5) is 5.95 Å². The fourth-order valence-electron chi connectivity index (χ4n) is 2.20. The Morgan fingerprint density at radius 2 is 2.30 bits per heavy atom. The minimum atomic E-state index is -2.17. The molecule has 0 saturated heterocycles. The lowest BCUT2D eigenvalue weighted by Crippen LogP contribution is -2.34. The van der Waals surface area contributed by atoms with Crippen LogP contribution in [0.25, 0.3) is 0 Å². The Balaban J connectivity index is 2.59. The first-order valence-corrected chi connectivity index (χ1v) is 7.53. The van der Waals surface area contributed by atoms with E-state index in [9.17, 15) is 9.90 Å². The van der Waals surface area contributed by atoms with Crippen molar-refractivity contribution in [3.63, 3.8) is 0 Å². The number of aromatic nitrogens is 2. The van der Waals surface area contributed by atoms with Gasteiger partial charge in [-0.05, 0) is 45.9 Å². The number of H-pyrrole nitrogens is 1. The van der Waals surface area contributed by atoms with Crippen LogP contribution in [0.5, 0.6) is 0 Å². The van der Waals surface area contributed by atoms with Gasteiger partial charge in [0.2, 0.25) is 5.95 Å². The molecule has 0 radical (unpaired) electrons. The van der Waals surface area contributed by atoms with Gasteiger partial charge in [-0.25, -0.2) is 4.98 Å². The number of carbonyl (C=O) groups excluding carboxylic acids is 1. The number of aliphatic hydroxyl groups is 1. The highest BCUT2D eigenvalue weighted by Crippen LogP contribution is 2.25. The van der Waals surface area contributed by atoms with Crippen LogP contribution in [0.1, 0.15) is 62.8 Å². The van der Waals surface area contributed by atoms with E-state index in [0.29, 0.717) is 0 Å². The maximum atomic E-state index is 11.8. The molecule has 0 spiro atoms. The van der Waals surface area contributed by atoms with Gasteiger partial charge in [-0.2, -0.15) is 0 Å². The number of amides is 1. The van der Waals surface area contributed by atoms with Crippen molar-refractivity contribution in [1.82, 2.24) is 9.97 Å². The Kier molecular flexibility index (Phi) is 3.65. The number of anilines is 1. The smallest absolute Gasteiger partial charge is 0.254 e. The van der Waals surface area contributed by atoms with Gasteiger partial charge >= 0.3 is 0 Å². The van der Waals surface area contributed by atoms with Crippen LogP contribution in [-0.2, 0) is 0 Å². The summed E-state index contributed by atoms with van der Waals surface area (Å²) in [6, 6.07) is -1.65. The van der Waals surface area contributed by atoms with Crippen molar-refractivity contribution in [2.75, 3.05) is 5.32 Å². The summed E-state index contributed by atoms with van der Waals surface area (Å²) in [5, 5.41) is 13.3. The van der Waals surface area contributed by atoms with E-state index in [2.05, 4.69) is 20.3 Å². The molecule has 128 valence electrons. The average Bonchev–Trinajstić information content (AvgIpc) is 2.40. The topological polar surface area (TPSA) is 116 Å². The number of nitrogens with one attached hydrogen (secondary N) is 2. The molecule has 3 unspecified atom stereocenters. The van der Waals surface area contributed by atoms with Crippen LogP contribution in [-0.4, -0.2) is 38.6 Å². The number of rotatable bonds is 3. The van der Waals surface area contributed by atoms with Gasteiger partial charge < -0.3 is 21.1 Å². The monoisotopic (exact) mass is 325 g/mol. The highest BCUT2D eigenvalue weighted by molar-refractivity contribution is 5.92. The molecule has 1 aliphatic carbocycles. The van der Waals surface area contributed by atoms with E-state index in [1.807, 2.05) is 20.8 Å². The number of primary amides is 1. The van der Waals surface area contributed by atoms with E-state index in [0.717, 1.165) is 0 Å². The van der Waals surface area contributed by atoms with Crippen molar-refractivity contribution < 1.29 is 15.4 Å². The maximum Gasteiger partial charge on any atom is 0.254 e. The zero-order valence-corrected chi connectivity index (χ0v) is 13.9. The standard InChI is InChI=1S/C16H27N5O2/c1-9-5-6-10(7-12(9)22)19-14-11(13(17)23)8-18-15(20-14)21-16(2,3)4/h8-10,12,22H,5-7H2,1-4H3,(H2,17,23)(H2,18,19,20,21)/i8D,9D,10D,12D. The van der Waals surface area contributed by atoms with Crippen LogP contribution in [0.2, 0.25) is 0 Å². The highest BCUT2D eigenvalue weighted by atomic mass is 16.3. The SMILES string of the molecule is [2H]c1nc(NC(C)(C)C)[nH]c(=NC2([2H])CCC([2H])(C)C([2H])(O)C2)c1C(N)=O. The van der Waals surface area contributed by atoms with Gasteiger partial charge in [-0.15, -0.1) is 0 Å². The molecular formula is C16H27N5O2. The van der Waals surface area contributed by atoms with Crippen LogP contribution >= 0.6 is 0 Å². The molecule has 1 fully saturated rings. The first-order valence-electron chi connectivity index (χ1n) is 9.53. The molecule has 0 aliphatic heterocycles. The van der Waals surface area contributed by atoms with Gasteiger partial charge in [0.15, 0.2) is 0 Å². The molecule has 1 aromatic heterocycles. The number of aromatic amines is 1. The average molecular weight is 325 g/mol. The normalized spacial score (nSPS) is 38.2. The zero-order chi connectivity index (χ0) is 20.8. The molecular weight excluding hydrogens is 294 g/mol. The number of hydrogen-bond donors (Lipinski definition) is 4. The number of nitrogens with two attached hydrogens (primary N) is 1. The van der Waals surface area contributed by atoms with E-state index in [4.69, 9.17) is 11.2 Å². The fraction of sp³-hybridized carbons (Fsp3) is 0.688. The summed E-state index contributed by atoms with van der Waals surface area (Å²) < 4.78 is 32.6. The molecule has 1 saturated carbocycles. The van der Waals surface area contributed by atoms with E-state index >= 15 is 0 Å². The molecule has 3 atom stereocenters. The Hall–Kier alpha value is -1.89. The van der Waals surface area contributed by atoms with E-state index < -0.39 is 36.5 Å². The predicted octanol–water partition coefficient (Wildman–Crippen LogP) is 1.17. The summed E-state index contributed by atoms with van der Waals surface area (Å²) in [6.07, 6.45) is -2.79. The van der Waals surface area contributed by atoms with Crippen LogP contribution in [0.3, 0.4) is 0 Å². The summed E-state index contributed by atoms with van der Waals surface area (Å²) in [5.41, 5.74) is 4.60. The first-order chi connectivity index (χ1) is 12.1. The number of hydrogen-bond acceptors (Lipinski definition) is 5. The number of nitrogens with zero attached hydrogens (tertiary/aromatic N) is 2. The zero-order valence-electron chi connectivity index (χ0n) is 17.9. The van der Waals surface area contributed by atoms with Gasteiger partial charge in [0.05, 0.1) is 21.8 Å². The second-order valence-electron chi connectivity index (χ2n) is 6.74. The minimum Gasteiger partial charge on any atom is -0.393 e. The summed E-state index contributed by atoms with van der Waals surface area (Å²) in [6.45, 7) is 7.09. The second-order valence-corrected chi connectivity index (χ2v) is 6.74. The summed E-state index contributed by atoms with van der Waals surface area (Å²) in [7, 11) is 0. The van der Waals surface area contributed by atoms with Crippen molar-refractivity contribution in [1.29, 1.82) is 0 Å². The van der Waals surface area contributed by atoms with Crippen molar-refractivity contribution in [3.8, 4) is 0 Å². The van der Waals surface area contributed by atoms with Gasteiger partial charge in [-0.1, -0.05) is 6.92 Å². The molecule has 1 heterocycles. The molecule has 7 nitrogen and oxygen atoms in total. The predicted molar refractivity (Wildman–Crippen MR) is 88.9 cm³/mol. The Morgan fingerprint density at radius 1 is 1.61 bits per heavy atom. The lowest BCUT2D eigenvalue weighted by Gasteiger charge is -2.28. The lowest BCUT2D eigenvalue weighted by molar-refractivity contribution is 0.0704. The second kappa shape index (κ2) is 6.70. The Morgan fingerprint density at radius 3 is 2.87 bits per heavy atom. The molecule has 5 N–H and O–H groups in total.